The van der Waals surface area contributed by atoms with Gasteiger partial charge in [-0.25, -0.2) is 13.2 Å². The second kappa shape index (κ2) is 9.77. The summed E-state index contributed by atoms with van der Waals surface area (Å²) in [5.74, 6) is -0.441. The van der Waals surface area contributed by atoms with Crippen molar-refractivity contribution in [1.29, 1.82) is 0 Å². The van der Waals surface area contributed by atoms with E-state index in [-0.39, 0.29) is 11.5 Å². The average molecular weight is 497 g/mol. The van der Waals surface area contributed by atoms with Crippen molar-refractivity contribution < 1.29 is 27.5 Å². The minimum absolute atomic E-state index is 0.0597. The molecule has 1 aromatic heterocycles. The van der Waals surface area contributed by atoms with Crippen molar-refractivity contribution in [3.63, 3.8) is 0 Å². The molecule has 33 heavy (non-hydrogen) atoms. The maximum absolute atomic E-state index is 13.0. The fourth-order valence-electron chi connectivity index (χ4n) is 4.30. The molecule has 1 aliphatic heterocycles. The number of carbonyl (C=O) groups excluding carboxylic acids is 2. The molecule has 0 bridgehead atoms. The van der Waals surface area contributed by atoms with Crippen LogP contribution < -0.4 is 4.74 Å². The maximum Gasteiger partial charge on any atom is 0.340 e. The van der Waals surface area contributed by atoms with Gasteiger partial charge in [0.25, 0.3) is 5.91 Å². The number of ether oxygens (including phenoxy) is 2. The van der Waals surface area contributed by atoms with Gasteiger partial charge in [0.15, 0.2) is 15.9 Å². The summed E-state index contributed by atoms with van der Waals surface area (Å²) in [4.78, 5) is 27.4. The number of hydrogen-bond donors (Lipinski definition) is 0. The molecule has 1 amide bonds. The normalized spacial score (nSPS) is 18.1. The van der Waals surface area contributed by atoms with E-state index in [2.05, 4.69) is 0 Å². The van der Waals surface area contributed by atoms with Crippen LogP contribution in [0.5, 0.6) is 5.75 Å². The lowest BCUT2D eigenvalue weighted by molar-refractivity contribution is -0.141. The molecule has 2 aromatic rings. The Bertz CT molecular complexity index is 1170. The second-order valence-corrected chi connectivity index (χ2v) is 10.8. The number of benzene rings is 1. The summed E-state index contributed by atoms with van der Waals surface area (Å²) >= 11 is 6.18. The Morgan fingerprint density at radius 3 is 2.55 bits per heavy atom. The molecule has 0 aliphatic carbocycles. The van der Waals surface area contributed by atoms with Crippen LogP contribution in [0.15, 0.2) is 24.3 Å². The van der Waals surface area contributed by atoms with E-state index in [1.165, 1.54) is 11.8 Å². The van der Waals surface area contributed by atoms with Crippen molar-refractivity contribution in [2.75, 3.05) is 25.2 Å². The first-order chi connectivity index (χ1) is 15.5. The summed E-state index contributed by atoms with van der Waals surface area (Å²) in [6, 6.07) is 6.51. The van der Waals surface area contributed by atoms with Crippen LogP contribution in [0.4, 0.5) is 0 Å². The smallest absolute Gasteiger partial charge is 0.340 e. The minimum Gasteiger partial charge on any atom is -0.495 e. The number of aromatic nitrogens is 1. The van der Waals surface area contributed by atoms with E-state index in [0.717, 1.165) is 5.69 Å². The van der Waals surface area contributed by atoms with Gasteiger partial charge in [-0.3, -0.25) is 4.79 Å². The predicted molar refractivity (Wildman–Crippen MR) is 126 cm³/mol. The molecule has 1 aliphatic rings. The third kappa shape index (κ3) is 5.19. The van der Waals surface area contributed by atoms with Crippen molar-refractivity contribution in [2.45, 2.75) is 46.3 Å². The Morgan fingerprint density at radius 1 is 1.27 bits per heavy atom. The molecule has 1 saturated heterocycles. The highest BCUT2D eigenvalue weighted by Gasteiger charge is 2.36. The van der Waals surface area contributed by atoms with Gasteiger partial charge < -0.3 is 18.9 Å². The largest absolute Gasteiger partial charge is 0.495 e. The van der Waals surface area contributed by atoms with Crippen molar-refractivity contribution in [3.05, 3.63) is 46.2 Å². The Kier molecular flexibility index (Phi) is 7.43. The standard InChI is InChI=1S/C23H29ClN2O6S/c1-6-25(18-9-10-33(29,30)13-18)22(27)16(4)32-23(28)19-11-14(2)26(15(19)3)20-12-17(24)7-8-21(20)31-5/h7-8,11-12,16,18H,6,9-10,13H2,1-5H3. The van der Waals surface area contributed by atoms with Gasteiger partial charge in [-0.1, -0.05) is 11.6 Å². The first-order valence-electron chi connectivity index (χ1n) is 10.7. The average Bonchev–Trinajstić information content (AvgIpc) is 3.26. The fraction of sp³-hybridized carbons (Fsp3) is 0.478. The highest BCUT2D eigenvalue weighted by Crippen LogP contribution is 2.31. The third-order valence-electron chi connectivity index (χ3n) is 5.94. The summed E-state index contributed by atoms with van der Waals surface area (Å²) in [7, 11) is -1.59. The number of halogens is 1. The number of esters is 1. The Hall–Kier alpha value is -2.52. The van der Waals surface area contributed by atoms with Crippen LogP contribution in [0.2, 0.25) is 5.02 Å². The van der Waals surface area contributed by atoms with Crippen LogP contribution in [-0.4, -0.2) is 67.1 Å². The molecular formula is C23H29ClN2O6S. The van der Waals surface area contributed by atoms with E-state index < -0.39 is 33.9 Å². The number of sulfone groups is 1. The Morgan fingerprint density at radius 2 is 1.97 bits per heavy atom. The zero-order valence-electron chi connectivity index (χ0n) is 19.4. The molecule has 2 atom stereocenters. The number of carbonyl (C=O) groups is 2. The lowest BCUT2D eigenvalue weighted by atomic mass is 10.2. The molecule has 0 saturated carbocycles. The monoisotopic (exact) mass is 496 g/mol. The van der Waals surface area contributed by atoms with Gasteiger partial charge in [0.1, 0.15) is 5.75 Å². The highest BCUT2D eigenvalue weighted by molar-refractivity contribution is 7.91. The molecule has 2 heterocycles. The number of methoxy groups -OCH3 is 1. The number of rotatable bonds is 7. The molecule has 2 unspecified atom stereocenters. The van der Waals surface area contributed by atoms with Crippen LogP contribution in [0.3, 0.4) is 0 Å². The Balaban J connectivity index is 1.82. The zero-order chi connectivity index (χ0) is 24.5. The predicted octanol–water partition coefficient (Wildman–Crippen LogP) is 3.34. The van der Waals surface area contributed by atoms with Crippen LogP contribution in [0.1, 0.15) is 42.0 Å². The van der Waals surface area contributed by atoms with Crippen molar-refractivity contribution in [2.24, 2.45) is 0 Å². The number of amides is 1. The molecule has 10 heteroatoms. The highest BCUT2D eigenvalue weighted by atomic mass is 35.5. The SMILES string of the molecule is CCN(C(=O)C(C)OC(=O)c1cc(C)n(-c2cc(Cl)ccc2OC)c1C)C1CCS(=O)(=O)C1. The maximum atomic E-state index is 13.0. The van der Waals surface area contributed by atoms with E-state index in [1.54, 1.807) is 45.2 Å². The first-order valence-corrected chi connectivity index (χ1v) is 12.9. The van der Waals surface area contributed by atoms with Crippen LogP contribution in [-0.2, 0) is 19.4 Å². The molecule has 1 aromatic carbocycles. The first kappa shape index (κ1) is 25.1. The summed E-state index contributed by atoms with van der Waals surface area (Å²) in [6.07, 6.45) is -0.657. The van der Waals surface area contributed by atoms with Gasteiger partial charge in [0, 0.05) is 29.0 Å². The van der Waals surface area contributed by atoms with E-state index in [4.69, 9.17) is 21.1 Å². The molecule has 0 radical (unpaired) electrons. The van der Waals surface area contributed by atoms with Gasteiger partial charge in [-0.2, -0.15) is 0 Å². The lowest BCUT2D eigenvalue weighted by Crippen LogP contribution is -2.46. The van der Waals surface area contributed by atoms with E-state index in [9.17, 15) is 18.0 Å². The van der Waals surface area contributed by atoms with Crippen molar-refractivity contribution >= 4 is 33.3 Å². The molecular weight excluding hydrogens is 468 g/mol. The van der Waals surface area contributed by atoms with Gasteiger partial charge in [-0.05, 0) is 58.4 Å². The number of aryl methyl sites for hydroxylation is 1. The van der Waals surface area contributed by atoms with Gasteiger partial charge in [0.2, 0.25) is 0 Å². The molecule has 3 rings (SSSR count). The zero-order valence-corrected chi connectivity index (χ0v) is 21.0. The molecule has 1 fully saturated rings. The number of nitrogens with zero attached hydrogens (tertiary/aromatic N) is 2. The lowest BCUT2D eigenvalue weighted by Gasteiger charge is -2.29. The summed E-state index contributed by atoms with van der Waals surface area (Å²) < 4.78 is 36.5. The second-order valence-electron chi connectivity index (χ2n) is 8.17. The summed E-state index contributed by atoms with van der Waals surface area (Å²) in [5.41, 5.74) is 2.39. The Labute approximate surface area is 199 Å². The van der Waals surface area contributed by atoms with Gasteiger partial charge >= 0.3 is 5.97 Å². The molecule has 0 spiro atoms. The van der Waals surface area contributed by atoms with E-state index in [0.29, 0.717) is 40.7 Å². The molecule has 180 valence electrons. The minimum atomic E-state index is -3.14. The number of likely N-dealkylation sites (N-methyl/N-ethyl adjacent to an activating group) is 1. The van der Waals surface area contributed by atoms with Crippen LogP contribution in [0.25, 0.3) is 5.69 Å². The van der Waals surface area contributed by atoms with Gasteiger partial charge in [0.05, 0.1) is 29.9 Å². The van der Waals surface area contributed by atoms with E-state index in [1.807, 2.05) is 11.5 Å². The number of hydrogen-bond acceptors (Lipinski definition) is 6. The van der Waals surface area contributed by atoms with Crippen LogP contribution >= 0.6 is 11.6 Å². The summed E-state index contributed by atoms with van der Waals surface area (Å²) in [6.45, 7) is 7.25. The topological polar surface area (TPSA) is 94.9 Å². The summed E-state index contributed by atoms with van der Waals surface area (Å²) in [5, 5.41) is 0.523. The van der Waals surface area contributed by atoms with E-state index >= 15 is 0 Å². The van der Waals surface area contributed by atoms with Crippen molar-refractivity contribution in [1.82, 2.24) is 9.47 Å². The quantitative estimate of drug-likeness (QED) is 0.545. The van der Waals surface area contributed by atoms with Crippen LogP contribution in [0, 0.1) is 13.8 Å². The third-order valence-corrected chi connectivity index (χ3v) is 7.92. The molecule has 8 nitrogen and oxygen atoms in total. The fourth-order valence-corrected chi connectivity index (χ4v) is 6.20. The molecule has 0 N–H and O–H groups in total. The van der Waals surface area contributed by atoms with Gasteiger partial charge in [-0.15, -0.1) is 0 Å². The van der Waals surface area contributed by atoms with Crippen molar-refractivity contribution in [3.8, 4) is 11.4 Å².